The number of benzene rings is 1. The number of nitrogens with zero attached hydrogens (tertiary/aromatic N) is 3. The van der Waals surface area contributed by atoms with Crippen LogP contribution in [0.2, 0.25) is 0 Å². The number of aromatic hydroxyl groups is 1. The van der Waals surface area contributed by atoms with E-state index in [4.69, 9.17) is 4.74 Å². The molecule has 0 aliphatic carbocycles. The van der Waals surface area contributed by atoms with Crippen molar-refractivity contribution >= 4 is 0 Å². The van der Waals surface area contributed by atoms with Crippen LogP contribution in [0.4, 0.5) is 0 Å². The first kappa shape index (κ1) is 18.5. The highest BCUT2D eigenvalue weighted by atomic mass is 16.5. The molecule has 0 unspecified atom stereocenters. The molecule has 1 aromatic rings. The normalized spacial score (nSPS) is 22.8. The van der Waals surface area contributed by atoms with Gasteiger partial charge in [0.2, 0.25) is 0 Å². The summed E-state index contributed by atoms with van der Waals surface area (Å²) < 4.78 is 5.22. The minimum absolute atomic E-state index is 0.290. The fourth-order valence-corrected chi connectivity index (χ4v) is 4.22. The van der Waals surface area contributed by atoms with Gasteiger partial charge in [0.05, 0.1) is 7.11 Å². The minimum Gasteiger partial charge on any atom is -0.504 e. The second-order valence-electron chi connectivity index (χ2n) is 7.66. The number of hydrogen-bond acceptors (Lipinski definition) is 5. The standard InChI is InChI=1S/C20H33N3O2/c1-16(23-13-11-21(2)12-14-23)17-7-9-22(10-8-17)15-18-5-4-6-19(25-3)20(18)24/h4-6,16-17,24H,7-15H2,1-3H3/t16-/m0/s1. The van der Waals surface area contributed by atoms with Gasteiger partial charge in [-0.3, -0.25) is 9.80 Å². The van der Waals surface area contributed by atoms with Crippen molar-refractivity contribution in [2.75, 3.05) is 53.4 Å². The summed E-state index contributed by atoms with van der Waals surface area (Å²) in [6.07, 6.45) is 2.50. The highest BCUT2D eigenvalue weighted by Gasteiger charge is 2.29. The molecule has 140 valence electrons. The van der Waals surface area contributed by atoms with Crippen LogP contribution in [0.5, 0.6) is 11.5 Å². The molecule has 25 heavy (non-hydrogen) atoms. The highest BCUT2D eigenvalue weighted by Crippen LogP contribution is 2.32. The van der Waals surface area contributed by atoms with Crippen LogP contribution in [-0.2, 0) is 6.54 Å². The number of phenols is 1. The molecule has 5 heteroatoms. The van der Waals surface area contributed by atoms with E-state index in [1.54, 1.807) is 7.11 Å². The van der Waals surface area contributed by atoms with E-state index < -0.39 is 0 Å². The van der Waals surface area contributed by atoms with Crippen molar-refractivity contribution in [2.24, 2.45) is 5.92 Å². The van der Waals surface area contributed by atoms with Crippen LogP contribution < -0.4 is 4.74 Å². The Morgan fingerprint density at radius 2 is 1.80 bits per heavy atom. The van der Waals surface area contributed by atoms with Gasteiger partial charge < -0.3 is 14.7 Å². The number of para-hydroxylation sites is 1. The second kappa shape index (κ2) is 8.39. The van der Waals surface area contributed by atoms with Crippen molar-refractivity contribution in [3.05, 3.63) is 23.8 Å². The van der Waals surface area contributed by atoms with Crippen LogP contribution in [0.15, 0.2) is 18.2 Å². The average molecular weight is 348 g/mol. The molecule has 1 N–H and O–H groups in total. The number of likely N-dealkylation sites (N-methyl/N-ethyl adjacent to an activating group) is 1. The van der Waals surface area contributed by atoms with Gasteiger partial charge in [0.25, 0.3) is 0 Å². The second-order valence-corrected chi connectivity index (χ2v) is 7.66. The minimum atomic E-state index is 0.290. The van der Waals surface area contributed by atoms with Gasteiger partial charge in [-0.2, -0.15) is 0 Å². The zero-order chi connectivity index (χ0) is 17.8. The van der Waals surface area contributed by atoms with Crippen LogP contribution in [0.25, 0.3) is 0 Å². The number of rotatable bonds is 5. The number of phenolic OH excluding ortho intramolecular Hbond substituents is 1. The Morgan fingerprint density at radius 3 is 2.44 bits per heavy atom. The quantitative estimate of drug-likeness (QED) is 0.884. The zero-order valence-corrected chi connectivity index (χ0v) is 15.9. The molecule has 1 aromatic carbocycles. The third-order valence-corrected chi connectivity index (χ3v) is 6.12. The summed E-state index contributed by atoms with van der Waals surface area (Å²) in [5, 5.41) is 10.3. The van der Waals surface area contributed by atoms with Gasteiger partial charge in [-0.1, -0.05) is 12.1 Å². The predicted octanol–water partition coefficient (Wildman–Crippen LogP) is 2.25. The Bertz CT molecular complexity index is 550. The summed E-state index contributed by atoms with van der Waals surface area (Å²) in [7, 11) is 3.82. The lowest BCUT2D eigenvalue weighted by atomic mass is 9.89. The average Bonchev–Trinajstić information content (AvgIpc) is 2.64. The maximum atomic E-state index is 10.3. The lowest BCUT2D eigenvalue weighted by molar-refractivity contribution is 0.0596. The van der Waals surface area contributed by atoms with Gasteiger partial charge in [-0.15, -0.1) is 0 Å². The van der Waals surface area contributed by atoms with Gasteiger partial charge >= 0.3 is 0 Å². The molecule has 0 radical (unpaired) electrons. The van der Waals surface area contributed by atoms with E-state index in [1.165, 1.54) is 39.0 Å². The van der Waals surface area contributed by atoms with Crippen molar-refractivity contribution < 1.29 is 9.84 Å². The fourth-order valence-electron chi connectivity index (χ4n) is 4.22. The smallest absolute Gasteiger partial charge is 0.162 e. The van der Waals surface area contributed by atoms with E-state index in [1.807, 2.05) is 18.2 Å². The van der Waals surface area contributed by atoms with Gasteiger partial charge in [0, 0.05) is 44.3 Å². The number of likely N-dealkylation sites (tertiary alicyclic amines) is 1. The highest BCUT2D eigenvalue weighted by molar-refractivity contribution is 5.45. The van der Waals surface area contributed by atoms with Gasteiger partial charge in [-0.25, -0.2) is 0 Å². The molecule has 2 fully saturated rings. The maximum absolute atomic E-state index is 10.3. The van der Waals surface area contributed by atoms with Gasteiger partial charge in [0.1, 0.15) is 0 Å². The van der Waals surface area contributed by atoms with Crippen molar-refractivity contribution in [2.45, 2.75) is 32.4 Å². The number of hydrogen-bond donors (Lipinski definition) is 1. The molecule has 2 aliphatic heterocycles. The van der Waals surface area contributed by atoms with Crippen LogP contribution >= 0.6 is 0 Å². The van der Waals surface area contributed by atoms with Crippen LogP contribution in [0, 0.1) is 5.92 Å². The van der Waals surface area contributed by atoms with Crippen LogP contribution in [-0.4, -0.2) is 79.3 Å². The first-order valence-electron chi connectivity index (χ1n) is 9.58. The van der Waals surface area contributed by atoms with Crippen LogP contribution in [0.3, 0.4) is 0 Å². The zero-order valence-electron chi connectivity index (χ0n) is 15.9. The van der Waals surface area contributed by atoms with Crippen LogP contribution in [0.1, 0.15) is 25.3 Å². The predicted molar refractivity (Wildman–Crippen MR) is 101 cm³/mol. The van der Waals surface area contributed by atoms with E-state index in [0.29, 0.717) is 11.8 Å². The van der Waals surface area contributed by atoms with E-state index >= 15 is 0 Å². The van der Waals surface area contributed by atoms with Crippen molar-refractivity contribution in [1.29, 1.82) is 0 Å². The third-order valence-electron chi connectivity index (χ3n) is 6.12. The molecule has 2 aliphatic rings. The van der Waals surface area contributed by atoms with Crippen molar-refractivity contribution in [3.8, 4) is 11.5 Å². The number of ether oxygens (including phenoxy) is 1. The molecule has 5 nitrogen and oxygen atoms in total. The van der Waals surface area contributed by atoms with E-state index in [0.717, 1.165) is 31.1 Å². The fraction of sp³-hybridized carbons (Fsp3) is 0.700. The van der Waals surface area contributed by atoms with E-state index in [2.05, 4.69) is 28.7 Å². The molecule has 0 saturated carbocycles. The summed E-state index contributed by atoms with van der Waals surface area (Å²) in [5.41, 5.74) is 0.963. The molecule has 0 spiro atoms. The monoisotopic (exact) mass is 347 g/mol. The number of piperazine rings is 1. The Hall–Kier alpha value is -1.30. The summed E-state index contributed by atoms with van der Waals surface area (Å²) in [4.78, 5) is 7.56. The first-order valence-corrected chi connectivity index (χ1v) is 9.58. The molecule has 0 aromatic heterocycles. The van der Waals surface area contributed by atoms with Crippen molar-refractivity contribution in [1.82, 2.24) is 14.7 Å². The lowest BCUT2D eigenvalue weighted by Crippen LogP contribution is -2.51. The van der Waals surface area contributed by atoms with E-state index in [-0.39, 0.29) is 5.75 Å². The molecule has 0 bridgehead atoms. The molecule has 1 atom stereocenters. The topological polar surface area (TPSA) is 39.2 Å². The maximum Gasteiger partial charge on any atom is 0.162 e. The largest absolute Gasteiger partial charge is 0.504 e. The molecule has 2 heterocycles. The van der Waals surface area contributed by atoms with Gasteiger partial charge in [0.15, 0.2) is 11.5 Å². The molecule has 0 amide bonds. The van der Waals surface area contributed by atoms with E-state index in [9.17, 15) is 5.11 Å². The SMILES string of the molecule is COc1cccc(CN2CCC([C@H](C)N3CCN(C)CC3)CC2)c1O. The molecule has 2 saturated heterocycles. The summed E-state index contributed by atoms with van der Waals surface area (Å²) in [5.74, 6) is 1.65. The lowest BCUT2D eigenvalue weighted by Gasteiger charge is -2.42. The van der Waals surface area contributed by atoms with Gasteiger partial charge in [-0.05, 0) is 51.9 Å². The third kappa shape index (κ3) is 4.46. The Kier molecular flexibility index (Phi) is 6.20. The molecule has 3 rings (SSSR count). The first-order chi connectivity index (χ1) is 12.1. The Balaban J connectivity index is 1.50. The summed E-state index contributed by atoms with van der Waals surface area (Å²) >= 11 is 0. The molecular weight excluding hydrogens is 314 g/mol. The Labute approximate surface area is 152 Å². The number of methoxy groups -OCH3 is 1. The number of piperidine rings is 1. The summed E-state index contributed by atoms with van der Waals surface area (Å²) in [6, 6.07) is 6.44. The Morgan fingerprint density at radius 1 is 1.12 bits per heavy atom. The molecular formula is C20H33N3O2. The van der Waals surface area contributed by atoms with Crippen molar-refractivity contribution in [3.63, 3.8) is 0 Å². The summed E-state index contributed by atoms with van der Waals surface area (Å²) in [6.45, 7) is 10.2.